The highest BCUT2D eigenvalue weighted by molar-refractivity contribution is 9.10. The molecule has 0 aliphatic carbocycles. The van der Waals surface area contributed by atoms with E-state index in [1.165, 1.54) is 0 Å². The summed E-state index contributed by atoms with van der Waals surface area (Å²) in [5.74, 6) is 1.49. The van der Waals surface area contributed by atoms with E-state index >= 15 is 0 Å². The molecule has 0 bridgehead atoms. The van der Waals surface area contributed by atoms with E-state index in [-0.39, 0.29) is 6.61 Å². The first-order valence-corrected chi connectivity index (χ1v) is 7.18. The molecule has 0 radical (unpaired) electrons. The minimum absolute atomic E-state index is 0.0465. The number of benzene rings is 2. The van der Waals surface area contributed by atoms with Crippen molar-refractivity contribution in [2.75, 3.05) is 19.0 Å². The third-order valence-electron chi connectivity index (χ3n) is 2.87. The van der Waals surface area contributed by atoms with Gasteiger partial charge in [-0.05, 0) is 35.9 Å². The van der Waals surface area contributed by atoms with Crippen LogP contribution in [0.5, 0.6) is 11.5 Å². The maximum absolute atomic E-state index is 8.52. The second kappa shape index (κ2) is 7.55. The second-order valence-electron chi connectivity index (χ2n) is 4.29. The molecule has 0 aliphatic heterocycles. The Labute approximate surface area is 132 Å². The average Bonchev–Trinajstić information content (AvgIpc) is 2.52. The highest BCUT2D eigenvalue weighted by atomic mass is 79.9. The zero-order valence-corrected chi connectivity index (χ0v) is 13.2. The van der Waals surface area contributed by atoms with E-state index in [4.69, 9.17) is 14.7 Å². The van der Waals surface area contributed by atoms with E-state index in [1.54, 1.807) is 7.11 Å². The number of nitriles is 1. The molecule has 2 rings (SSSR count). The number of nitrogens with zero attached hydrogens (tertiary/aromatic N) is 1. The van der Waals surface area contributed by atoms with Crippen LogP contribution >= 0.6 is 15.9 Å². The number of rotatable bonds is 6. The number of ether oxygens (including phenoxy) is 2. The lowest BCUT2D eigenvalue weighted by atomic mass is 10.2. The van der Waals surface area contributed by atoms with Crippen LogP contribution in [0.4, 0.5) is 5.69 Å². The van der Waals surface area contributed by atoms with Gasteiger partial charge in [0.25, 0.3) is 0 Å². The third kappa shape index (κ3) is 4.40. The first kappa shape index (κ1) is 15.2. The molecule has 1 N–H and O–H groups in total. The van der Waals surface area contributed by atoms with Crippen LogP contribution in [0.3, 0.4) is 0 Å². The molecule has 0 spiro atoms. The number of anilines is 1. The standard InChI is InChI=1S/C16H15BrN2O2/c1-20-14-5-6-16(17)12(9-14)11-19-13-3-2-4-15(10-13)21-8-7-18/h2-6,9-10,19H,8,11H2,1H3. The number of halogens is 1. The van der Waals surface area contributed by atoms with Crippen molar-refractivity contribution >= 4 is 21.6 Å². The number of hydrogen-bond donors (Lipinski definition) is 1. The predicted octanol–water partition coefficient (Wildman–Crippen LogP) is 3.97. The van der Waals surface area contributed by atoms with Crippen LogP contribution in [-0.4, -0.2) is 13.7 Å². The third-order valence-corrected chi connectivity index (χ3v) is 3.65. The van der Waals surface area contributed by atoms with Gasteiger partial charge in [-0.3, -0.25) is 0 Å². The van der Waals surface area contributed by atoms with Crippen LogP contribution in [0.25, 0.3) is 0 Å². The summed E-state index contributed by atoms with van der Waals surface area (Å²) in [5.41, 5.74) is 2.03. The van der Waals surface area contributed by atoms with Crippen LogP contribution in [0, 0.1) is 11.3 Å². The van der Waals surface area contributed by atoms with E-state index < -0.39 is 0 Å². The zero-order valence-electron chi connectivity index (χ0n) is 11.6. The van der Waals surface area contributed by atoms with Crippen molar-refractivity contribution in [3.8, 4) is 17.6 Å². The van der Waals surface area contributed by atoms with Gasteiger partial charge in [0, 0.05) is 22.8 Å². The molecule has 0 amide bonds. The Kier molecular flexibility index (Phi) is 5.47. The summed E-state index contributed by atoms with van der Waals surface area (Å²) < 4.78 is 11.5. The van der Waals surface area contributed by atoms with Gasteiger partial charge in [-0.25, -0.2) is 0 Å². The van der Waals surface area contributed by atoms with Crippen LogP contribution in [0.2, 0.25) is 0 Å². The zero-order chi connectivity index (χ0) is 15.1. The Morgan fingerprint density at radius 3 is 2.81 bits per heavy atom. The van der Waals surface area contributed by atoms with E-state index in [1.807, 2.05) is 48.5 Å². The van der Waals surface area contributed by atoms with Crippen molar-refractivity contribution in [2.45, 2.75) is 6.54 Å². The fourth-order valence-corrected chi connectivity index (χ4v) is 2.21. The summed E-state index contributed by atoms with van der Waals surface area (Å²) in [6, 6.07) is 15.3. The van der Waals surface area contributed by atoms with Crippen LogP contribution in [0.1, 0.15) is 5.56 Å². The summed E-state index contributed by atoms with van der Waals surface area (Å²) in [5, 5.41) is 11.8. The molecule has 0 aromatic heterocycles. The maximum Gasteiger partial charge on any atom is 0.174 e. The average molecular weight is 347 g/mol. The molecule has 2 aromatic rings. The molecule has 0 saturated heterocycles. The lowest BCUT2D eigenvalue weighted by Crippen LogP contribution is -2.01. The van der Waals surface area contributed by atoms with Gasteiger partial charge in [0.2, 0.25) is 0 Å². The molecule has 108 valence electrons. The van der Waals surface area contributed by atoms with Crippen molar-refractivity contribution < 1.29 is 9.47 Å². The fraction of sp³-hybridized carbons (Fsp3) is 0.188. The summed E-state index contributed by atoms with van der Waals surface area (Å²) in [6.45, 7) is 0.699. The lowest BCUT2D eigenvalue weighted by molar-refractivity contribution is 0.368. The van der Waals surface area contributed by atoms with Gasteiger partial charge >= 0.3 is 0 Å². The Hall–Kier alpha value is -2.19. The summed E-state index contributed by atoms with van der Waals surface area (Å²) in [4.78, 5) is 0. The number of methoxy groups -OCH3 is 1. The first-order valence-electron chi connectivity index (χ1n) is 6.39. The molecular weight excluding hydrogens is 332 g/mol. The van der Waals surface area contributed by atoms with E-state index in [2.05, 4.69) is 21.2 Å². The minimum atomic E-state index is 0.0465. The first-order chi connectivity index (χ1) is 10.2. The second-order valence-corrected chi connectivity index (χ2v) is 5.14. The highest BCUT2D eigenvalue weighted by Crippen LogP contribution is 2.24. The maximum atomic E-state index is 8.52. The predicted molar refractivity (Wildman–Crippen MR) is 85.6 cm³/mol. The Balaban J connectivity index is 2.04. The largest absolute Gasteiger partial charge is 0.497 e. The van der Waals surface area contributed by atoms with E-state index in [0.717, 1.165) is 21.5 Å². The van der Waals surface area contributed by atoms with Crippen molar-refractivity contribution in [2.24, 2.45) is 0 Å². The van der Waals surface area contributed by atoms with Gasteiger partial charge < -0.3 is 14.8 Å². The normalized spacial score (nSPS) is 9.76. The molecule has 0 fully saturated rings. The van der Waals surface area contributed by atoms with Gasteiger partial charge in [0.05, 0.1) is 7.11 Å². The molecule has 0 saturated carbocycles. The molecule has 2 aromatic carbocycles. The van der Waals surface area contributed by atoms with E-state index in [9.17, 15) is 0 Å². The number of hydrogen-bond acceptors (Lipinski definition) is 4. The SMILES string of the molecule is COc1ccc(Br)c(CNc2cccc(OCC#N)c2)c1. The van der Waals surface area contributed by atoms with Crippen LogP contribution < -0.4 is 14.8 Å². The smallest absolute Gasteiger partial charge is 0.174 e. The van der Waals surface area contributed by atoms with Gasteiger partial charge in [0.15, 0.2) is 6.61 Å². The minimum Gasteiger partial charge on any atom is -0.497 e. The fourth-order valence-electron chi connectivity index (χ4n) is 1.82. The van der Waals surface area contributed by atoms with Gasteiger partial charge in [-0.2, -0.15) is 5.26 Å². The quantitative estimate of drug-likeness (QED) is 0.859. The Morgan fingerprint density at radius 1 is 1.19 bits per heavy atom. The molecular formula is C16H15BrN2O2. The van der Waals surface area contributed by atoms with Crippen molar-refractivity contribution in [3.63, 3.8) is 0 Å². The Bertz CT molecular complexity index is 653. The van der Waals surface area contributed by atoms with Gasteiger partial charge in [0.1, 0.15) is 17.6 Å². The van der Waals surface area contributed by atoms with Gasteiger partial charge in [-0.1, -0.05) is 22.0 Å². The molecule has 0 unspecified atom stereocenters. The summed E-state index contributed by atoms with van der Waals surface area (Å²) >= 11 is 3.53. The van der Waals surface area contributed by atoms with Crippen molar-refractivity contribution in [1.82, 2.24) is 0 Å². The molecule has 0 aliphatic rings. The molecule has 4 nitrogen and oxygen atoms in total. The molecule has 21 heavy (non-hydrogen) atoms. The van der Waals surface area contributed by atoms with E-state index in [0.29, 0.717) is 12.3 Å². The van der Waals surface area contributed by atoms with Crippen LogP contribution in [-0.2, 0) is 6.54 Å². The monoisotopic (exact) mass is 346 g/mol. The topological polar surface area (TPSA) is 54.3 Å². The Morgan fingerprint density at radius 2 is 2.05 bits per heavy atom. The molecule has 0 heterocycles. The molecule has 5 heteroatoms. The number of nitrogens with one attached hydrogen (secondary N) is 1. The summed E-state index contributed by atoms with van der Waals surface area (Å²) in [7, 11) is 1.65. The summed E-state index contributed by atoms with van der Waals surface area (Å²) in [6.07, 6.45) is 0. The van der Waals surface area contributed by atoms with Crippen molar-refractivity contribution in [1.29, 1.82) is 5.26 Å². The van der Waals surface area contributed by atoms with Crippen molar-refractivity contribution in [3.05, 3.63) is 52.5 Å². The van der Waals surface area contributed by atoms with Crippen LogP contribution in [0.15, 0.2) is 46.9 Å². The molecule has 0 atom stereocenters. The lowest BCUT2D eigenvalue weighted by Gasteiger charge is -2.11. The highest BCUT2D eigenvalue weighted by Gasteiger charge is 2.03. The van der Waals surface area contributed by atoms with Gasteiger partial charge in [-0.15, -0.1) is 0 Å².